The molecular formula is C12H15N3O2S. The van der Waals surface area contributed by atoms with Crippen molar-refractivity contribution >= 4 is 27.6 Å². The van der Waals surface area contributed by atoms with Crippen molar-refractivity contribution in [1.29, 1.82) is 0 Å². The normalized spacial score (nSPS) is 12.0. The van der Waals surface area contributed by atoms with Crippen molar-refractivity contribution in [3.63, 3.8) is 0 Å². The number of urea groups is 1. The lowest BCUT2D eigenvalue weighted by Gasteiger charge is -2.00. The third-order valence-electron chi connectivity index (χ3n) is 2.41. The second-order valence-electron chi connectivity index (χ2n) is 3.55. The number of hydrogen-bond acceptors (Lipinski definition) is 3. The minimum Gasteiger partial charge on any atom is -0.317 e. The van der Waals surface area contributed by atoms with Crippen molar-refractivity contribution < 1.29 is 9.63 Å². The number of aromatic nitrogens is 1. The fourth-order valence-corrected chi connectivity index (χ4v) is 2.75. The van der Waals surface area contributed by atoms with Crippen LogP contribution in [-0.4, -0.2) is 17.2 Å². The molecule has 1 aromatic carbocycles. The van der Waals surface area contributed by atoms with Crippen LogP contribution in [-0.2, 0) is 11.4 Å². The van der Waals surface area contributed by atoms with E-state index in [2.05, 4.69) is 10.5 Å². The number of thiazole rings is 1. The maximum atomic E-state index is 11.5. The predicted molar refractivity (Wildman–Crippen MR) is 71.2 cm³/mol. The molecule has 0 spiro atoms. The molecule has 0 saturated carbocycles. The van der Waals surface area contributed by atoms with Gasteiger partial charge in [-0.2, -0.15) is 4.99 Å². The quantitative estimate of drug-likeness (QED) is 0.866. The van der Waals surface area contributed by atoms with Crippen LogP contribution in [0.3, 0.4) is 0 Å². The molecule has 18 heavy (non-hydrogen) atoms. The molecule has 0 bridgehead atoms. The molecule has 96 valence electrons. The molecule has 6 heteroatoms. The van der Waals surface area contributed by atoms with Gasteiger partial charge in [-0.1, -0.05) is 23.5 Å². The second kappa shape index (κ2) is 5.79. The van der Waals surface area contributed by atoms with Crippen molar-refractivity contribution in [3.05, 3.63) is 29.1 Å². The Hall–Kier alpha value is -1.66. The second-order valence-corrected chi connectivity index (χ2v) is 4.56. The highest BCUT2D eigenvalue weighted by Crippen LogP contribution is 2.16. The van der Waals surface area contributed by atoms with Gasteiger partial charge in [0.25, 0.3) is 0 Å². The minimum atomic E-state index is -0.481. The van der Waals surface area contributed by atoms with Crippen LogP contribution in [0.25, 0.3) is 10.2 Å². The third-order valence-corrected chi connectivity index (χ3v) is 3.46. The summed E-state index contributed by atoms with van der Waals surface area (Å²) in [7, 11) is 0. The van der Waals surface area contributed by atoms with Gasteiger partial charge >= 0.3 is 6.03 Å². The number of hydroxylamine groups is 1. The Kier molecular flexibility index (Phi) is 4.11. The summed E-state index contributed by atoms with van der Waals surface area (Å²) < 4.78 is 3.12. The van der Waals surface area contributed by atoms with Gasteiger partial charge in [0, 0.05) is 6.54 Å². The van der Waals surface area contributed by atoms with E-state index < -0.39 is 6.03 Å². The third kappa shape index (κ3) is 2.60. The molecule has 1 heterocycles. The number of benzene rings is 1. The number of hydrogen-bond donors (Lipinski definition) is 1. The van der Waals surface area contributed by atoms with Crippen molar-refractivity contribution in [2.45, 2.75) is 20.4 Å². The van der Waals surface area contributed by atoms with Gasteiger partial charge in [0.1, 0.15) is 0 Å². The first-order chi connectivity index (χ1) is 8.76. The Bertz CT molecular complexity index is 615. The standard InChI is InChI=1S/C12H15N3O2S/c1-3-15-9-7-5-6-8-10(9)18-12(15)13-11(16)14-17-4-2/h5-8H,3-4H2,1-2H3,(H,14,16). The van der Waals surface area contributed by atoms with Gasteiger partial charge in [0.2, 0.25) is 0 Å². The molecule has 0 aliphatic rings. The predicted octanol–water partition coefficient (Wildman–Crippen LogP) is 2.28. The molecular weight excluding hydrogens is 250 g/mol. The number of para-hydroxylation sites is 1. The molecule has 0 aliphatic heterocycles. The number of rotatable bonds is 3. The number of amides is 2. The number of carbonyl (C=O) groups excluding carboxylic acids is 1. The van der Waals surface area contributed by atoms with Gasteiger partial charge in [-0.05, 0) is 26.0 Å². The summed E-state index contributed by atoms with van der Waals surface area (Å²) in [6.07, 6.45) is 0. The summed E-state index contributed by atoms with van der Waals surface area (Å²) in [6, 6.07) is 7.51. The summed E-state index contributed by atoms with van der Waals surface area (Å²) >= 11 is 1.49. The topological polar surface area (TPSA) is 55.6 Å². The molecule has 0 atom stereocenters. The van der Waals surface area contributed by atoms with Crippen LogP contribution >= 0.6 is 11.3 Å². The molecule has 5 nitrogen and oxygen atoms in total. The highest BCUT2D eigenvalue weighted by Gasteiger charge is 2.05. The molecule has 2 amide bonds. The van der Waals surface area contributed by atoms with Crippen LogP contribution in [0.5, 0.6) is 0 Å². The average molecular weight is 265 g/mol. The van der Waals surface area contributed by atoms with E-state index in [1.165, 1.54) is 11.3 Å². The zero-order valence-corrected chi connectivity index (χ0v) is 11.2. The van der Waals surface area contributed by atoms with Crippen LogP contribution in [0.1, 0.15) is 13.8 Å². The van der Waals surface area contributed by atoms with Crippen molar-refractivity contribution in [1.82, 2.24) is 10.0 Å². The van der Waals surface area contributed by atoms with Crippen molar-refractivity contribution in [2.75, 3.05) is 6.61 Å². The first kappa shape index (κ1) is 12.8. The summed E-state index contributed by atoms with van der Waals surface area (Å²) in [4.78, 5) is 21.0. The molecule has 0 aliphatic carbocycles. The maximum Gasteiger partial charge on any atom is 0.367 e. The van der Waals surface area contributed by atoms with Crippen LogP contribution in [0.4, 0.5) is 4.79 Å². The minimum absolute atomic E-state index is 0.418. The monoisotopic (exact) mass is 265 g/mol. The van der Waals surface area contributed by atoms with Gasteiger partial charge in [-0.15, -0.1) is 0 Å². The molecule has 0 saturated heterocycles. The highest BCUT2D eigenvalue weighted by molar-refractivity contribution is 7.16. The lowest BCUT2D eigenvalue weighted by molar-refractivity contribution is 0.0740. The Morgan fingerprint density at radius 2 is 2.22 bits per heavy atom. The zero-order chi connectivity index (χ0) is 13.0. The molecule has 2 rings (SSSR count). The van der Waals surface area contributed by atoms with E-state index in [9.17, 15) is 4.79 Å². The Morgan fingerprint density at radius 3 is 2.94 bits per heavy atom. The summed E-state index contributed by atoms with van der Waals surface area (Å²) in [5.41, 5.74) is 3.35. The fraction of sp³-hybridized carbons (Fsp3) is 0.333. The molecule has 2 aromatic rings. The van der Waals surface area contributed by atoms with Gasteiger partial charge in [0.15, 0.2) is 4.80 Å². The van der Waals surface area contributed by atoms with E-state index >= 15 is 0 Å². The van der Waals surface area contributed by atoms with Crippen LogP contribution in [0.2, 0.25) is 0 Å². The summed E-state index contributed by atoms with van der Waals surface area (Å²) in [5.74, 6) is 0. The van der Waals surface area contributed by atoms with Crippen LogP contribution in [0, 0.1) is 0 Å². The lowest BCUT2D eigenvalue weighted by atomic mass is 10.3. The first-order valence-corrected chi connectivity index (χ1v) is 6.62. The molecule has 1 aromatic heterocycles. The molecule has 1 N–H and O–H groups in total. The van der Waals surface area contributed by atoms with Gasteiger partial charge in [0.05, 0.1) is 16.8 Å². The zero-order valence-electron chi connectivity index (χ0n) is 10.3. The Labute approximate surface area is 109 Å². The Morgan fingerprint density at radius 1 is 1.44 bits per heavy atom. The van der Waals surface area contributed by atoms with Crippen molar-refractivity contribution in [3.8, 4) is 0 Å². The maximum absolute atomic E-state index is 11.5. The number of aryl methyl sites for hydroxylation is 1. The van der Waals surface area contributed by atoms with Crippen LogP contribution in [0.15, 0.2) is 29.3 Å². The van der Waals surface area contributed by atoms with E-state index in [0.29, 0.717) is 11.4 Å². The number of carbonyl (C=O) groups is 1. The first-order valence-electron chi connectivity index (χ1n) is 5.81. The number of fused-ring (bicyclic) bond motifs is 1. The van der Waals surface area contributed by atoms with Crippen LogP contribution < -0.4 is 10.3 Å². The van der Waals surface area contributed by atoms with E-state index in [-0.39, 0.29) is 0 Å². The van der Waals surface area contributed by atoms with E-state index in [4.69, 9.17) is 4.84 Å². The van der Waals surface area contributed by atoms with Gasteiger partial charge in [-0.25, -0.2) is 10.3 Å². The molecule has 0 radical (unpaired) electrons. The largest absolute Gasteiger partial charge is 0.367 e. The molecule has 0 unspecified atom stereocenters. The lowest BCUT2D eigenvalue weighted by Crippen LogP contribution is -2.24. The Balaban J connectivity index is 2.43. The smallest absolute Gasteiger partial charge is 0.317 e. The highest BCUT2D eigenvalue weighted by atomic mass is 32.1. The molecule has 0 fully saturated rings. The van der Waals surface area contributed by atoms with Gasteiger partial charge in [-0.3, -0.25) is 4.84 Å². The SMILES string of the molecule is CCONC(=O)N=c1sc2ccccc2n1CC. The van der Waals surface area contributed by atoms with E-state index in [0.717, 1.165) is 16.8 Å². The number of nitrogens with zero attached hydrogens (tertiary/aromatic N) is 2. The fourth-order valence-electron chi connectivity index (χ4n) is 1.66. The summed E-state index contributed by atoms with van der Waals surface area (Å²) in [5, 5.41) is 0. The number of nitrogens with one attached hydrogen (secondary N) is 1. The summed E-state index contributed by atoms with van der Waals surface area (Å²) in [6.45, 7) is 5.01. The average Bonchev–Trinajstić information content (AvgIpc) is 2.73. The van der Waals surface area contributed by atoms with E-state index in [1.807, 2.05) is 35.8 Å². The van der Waals surface area contributed by atoms with E-state index in [1.54, 1.807) is 6.92 Å². The van der Waals surface area contributed by atoms with Crippen molar-refractivity contribution in [2.24, 2.45) is 4.99 Å². The van der Waals surface area contributed by atoms with Gasteiger partial charge < -0.3 is 4.57 Å².